The summed E-state index contributed by atoms with van der Waals surface area (Å²) >= 11 is 0. The maximum Gasteiger partial charge on any atom is 0.161 e. The molecule has 1 aromatic carbocycles. The number of aliphatic hydroxyl groups excluding tert-OH is 2. The maximum absolute atomic E-state index is 9.18. The van der Waals surface area contributed by atoms with Gasteiger partial charge >= 0.3 is 0 Å². The maximum atomic E-state index is 9.18. The summed E-state index contributed by atoms with van der Waals surface area (Å²) in [6.45, 7) is 14.4. The van der Waals surface area contributed by atoms with Gasteiger partial charge in [0.25, 0.3) is 0 Å². The largest absolute Gasteiger partial charge is 0.487 e. The Balaban J connectivity index is 2.88. The lowest BCUT2D eigenvalue weighted by molar-refractivity contribution is -0.0914. The van der Waals surface area contributed by atoms with Gasteiger partial charge in [0.15, 0.2) is 17.8 Å². The van der Waals surface area contributed by atoms with Crippen LogP contribution in [0.3, 0.4) is 0 Å². The lowest BCUT2D eigenvalue weighted by Gasteiger charge is -2.33. The molecule has 0 aromatic heterocycles. The van der Waals surface area contributed by atoms with Gasteiger partial charge in [-0.05, 0) is 41.9 Å². The molecule has 1 aromatic rings. The molecular formula is C22H38O6. The topological polar surface area (TPSA) is 77.4 Å². The molecule has 6 heteroatoms. The Bertz CT molecular complexity index is 563. The van der Waals surface area contributed by atoms with Crippen LogP contribution in [0.5, 0.6) is 11.5 Å². The van der Waals surface area contributed by atoms with Crippen molar-refractivity contribution in [1.29, 1.82) is 0 Å². The molecule has 0 bridgehead atoms. The molecule has 0 saturated heterocycles. The molecule has 0 spiro atoms. The van der Waals surface area contributed by atoms with Crippen LogP contribution in [0.15, 0.2) is 18.2 Å². The quantitative estimate of drug-likeness (QED) is 0.391. The van der Waals surface area contributed by atoms with E-state index in [1.54, 1.807) is 6.92 Å². The number of rotatable bonds is 13. The van der Waals surface area contributed by atoms with Gasteiger partial charge in [-0.25, -0.2) is 0 Å². The van der Waals surface area contributed by atoms with Crippen molar-refractivity contribution in [3.8, 4) is 11.5 Å². The summed E-state index contributed by atoms with van der Waals surface area (Å²) in [4.78, 5) is 0. The average molecular weight is 399 g/mol. The van der Waals surface area contributed by atoms with Gasteiger partial charge in [-0.1, -0.05) is 40.7 Å². The highest BCUT2D eigenvalue weighted by Crippen LogP contribution is 2.39. The van der Waals surface area contributed by atoms with Crippen LogP contribution in [0.4, 0.5) is 0 Å². The first-order valence-corrected chi connectivity index (χ1v) is 9.93. The van der Waals surface area contributed by atoms with Crippen molar-refractivity contribution in [1.82, 2.24) is 0 Å². The summed E-state index contributed by atoms with van der Waals surface area (Å²) < 4.78 is 22.1. The van der Waals surface area contributed by atoms with Crippen molar-refractivity contribution < 1.29 is 29.2 Å². The summed E-state index contributed by atoms with van der Waals surface area (Å²) in [5.74, 6) is 1.29. The second kappa shape index (κ2) is 11.6. The van der Waals surface area contributed by atoms with E-state index < -0.39 is 6.29 Å². The molecule has 0 aliphatic rings. The summed E-state index contributed by atoms with van der Waals surface area (Å²) in [5, 5.41) is 18.0. The van der Waals surface area contributed by atoms with E-state index in [1.165, 1.54) is 5.56 Å². The van der Waals surface area contributed by atoms with Gasteiger partial charge in [0.1, 0.15) is 13.2 Å². The molecule has 6 nitrogen and oxygen atoms in total. The second-order valence-corrected chi connectivity index (χ2v) is 8.79. The molecule has 0 heterocycles. The van der Waals surface area contributed by atoms with Crippen LogP contribution < -0.4 is 9.47 Å². The van der Waals surface area contributed by atoms with Gasteiger partial charge in [-0.15, -0.1) is 0 Å². The first-order valence-electron chi connectivity index (χ1n) is 9.93. The lowest BCUT2D eigenvalue weighted by atomic mass is 9.72. The molecule has 162 valence electrons. The fourth-order valence-electron chi connectivity index (χ4n) is 3.34. The van der Waals surface area contributed by atoms with E-state index in [9.17, 15) is 5.11 Å². The van der Waals surface area contributed by atoms with Crippen molar-refractivity contribution in [2.24, 2.45) is 5.41 Å². The monoisotopic (exact) mass is 398 g/mol. The molecule has 1 unspecified atom stereocenters. The van der Waals surface area contributed by atoms with Crippen molar-refractivity contribution in [3.63, 3.8) is 0 Å². The smallest absolute Gasteiger partial charge is 0.161 e. The first-order chi connectivity index (χ1) is 13.0. The van der Waals surface area contributed by atoms with Gasteiger partial charge < -0.3 is 29.2 Å². The van der Waals surface area contributed by atoms with Crippen LogP contribution in [0, 0.1) is 5.41 Å². The minimum atomic E-state index is -0.816. The van der Waals surface area contributed by atoms with E-state index in [2.05, 4.69) is 40.7 Å². The molecule has 1 atom stereocenters. The Labute approximate surface area is 169 Å². The summed E-state index contributed by atoms with van der Waals surface area (Å²) in [6.07, 6.45) is 0.213. The standard InChI is InChI=1S/C22H38O6/c1-17(24)26-13-14-27-19-8-7-18(22(5,6)16-21(2,3)4)15-20(19)28-12-11-25-10-9-23/h7-8,15,17,23-24H,9-14,16H2,1-6H3. The van der Waals surface area contributed by atoms with E-state index >= 15 is 0 Å². The van der Waals surface area contributed by atoms with Crippen LogP contribution in [-0.4, -0.2) is 56.1 Å². The van der Waals surface area contributed by atoms with E-state index in [-0.39, 0.29) is 24.0 Å². The highest BCUT2D eigenvalue weighted by Gasteiger charge is 2.28. The Hall–Kier alpha value is -1.34. The number of hydrogen-bond donors (Lipinski definition) is 2. The van der Waals surface area contributed by atoms with Crippen molar-refractivity contribution in [2.45, 2.75) is 59.7 Å². The zero-order valence-electron chi connectivity index (χ0n) is 18.3. The minimum absolute atomic E-state index is 0.00583. The molecule has 28 heavy (non-hydrogen) atoms. The predicted octanol–water partition coefficient (Wildman–Crippen LogP) is 3.52. The third kappa shape index (κ3) is 9.73. The van der Waals surface area contributed by atoms with Crippen LogP contribution in [0.1, 0.15) is 53.5 Å². The summed E-state index contributed by atoms with van der Waals surface area (Å²) in [5.41, 5.74) is 1.37. The fourth-order valence-corrected chi connectivity index (χ4v) is 3.34. The number of aliphatic hydroxyl groups is 2. The molecule has 0 aliphatic heterocycles. The lowest BCUT2D eigenvalue weighted by Crippen LogP contribution is -2.25. The molecule has 1 rings (SSSR count). The minimum Gasteiger partial charge on any atom is -0.487 e. The SMILES string of the molecule is CC(O)OCCOc1ccc(C(C)(C)CC(C)(C)C)cc1OCCOCCO. The molecule has 0 aliphatic carbocycles. The molecule has 2 N–H and O–H groups in total. The zero-order valence-corrected chi connectivity index (χ0v) is 18.3. The van der Waals surface area contributed by atoms with E-state index in [0.29, 0.717) is 37.9 Å². The number of hydrogen-bond acceptors (Lipinski definition) is 6. The normalized spacial score (nSPS) is 13.4. The van der Waals surface area contributed by atoms with E-state index in [1.807, 2.05) is 12.1 Å². The van der Waals surface area contributed by atoms with Crippen LogP contribution >= 0.6 is 0 Å². The van der Waals surface area contributed by atoms with E-state index in [0.717, 1.165) is 6.42 Å². The second-order valence-electron chi connectivity index (χ2n) is 8.79. The third-order valence-corrected chi connectivity index (χ3v) is 4.12. The zero-order chi connectivity index (χ0) is 21.2. The molecule has 0 fully saturated rings. The highest BCUT2D eigenvalue weighted by atomic mass is 16.6. The Morgan fingerprint density at radius 3 is 2.14 bits per heavy atom. The van der Waals surface area contributed by atoms with Crippen LogP contribution in [0.25, 0.3) is 0 Å². The average Bonchev–Trinajstić information content (AvgIpc) is 2.57. The highest BCUT2D eigenvalue weighted by molar-refractivity contribution is 5.45. The van der Waals surface area contributed by atoms with Crippen molar-refractivity contribution >= 4 is 0 Å². The van der Waals surface area contributed by atoms with Crippen molar-refractivity contribution in [2.75, 3.05) is 39.6 Å². The number of ether oxygens (including phenoxy) is 4. The van der Waals surface area contributed by atoms with Crippen LogP contribution in [0.2, 0.25) is 0 Å². The van der Waals surface area contributed by atoms with Gasteiger partial charge in [0.05, 0.1) is 26.4 Å². The van der Waals surface area contributed by atoms with E-state index in [4.69, 9.17) is 24.1 Å². The molecule has 0 radical (unpaired) electrons. The third-order valence-electron chi connectivity index (χ3n) is 4.12. The van der Waals surface area contributed by atoms with Crippen molar-refractivity contribution in [3.05, 3.63) is 23.8 Å². The molecular weight excluding hydrogens is 360 g/mol. The summed E-state index contributed by atoms with van der Waals surface area (Å²) in [6, 6.07) is 6.03. The van der Waals surface area contributed by atoms with Gasteiger partial charge in [-0.2, -0.15) is 0 Å². The summed E-state index contributed by atoms with van der Waals surface area (Å²) in [7, 11) is 0. The Morgan fingerprint density at radius 1 is 0.893 bits per heavy atom. The number of benzene rings is 1. The molecule has 0 saturated carbocycles. The first kappa shape index (κ1) is 24.7. The molecule has 0 amide bonds. The van der Waals surface area contributed by atoms with Gasteiger partial charge in [-0.3, -0.25) is 0 Å². The van der Waals surface area contributed by atoms with Gasteiger partial charge in [0, 0.05) is 0 Å². The van der Waals surface area contributed by atoms with Crippen LogP contribution in [-0.2, 0) is 14.9 Å². The van der Waals surface area contributed by atoms with Gasteiger partial charge in [0.2, 0.25) is 0 Å². The Morgan fingerprint density at radius 2 is 1.54 bits per heavy atom. The fraction of sp³-hybridized carbons (Fsp3) is 0.727. The predicted molar refractivity (Wildman–Crippen MR) is 110 cm³/mol. The Kier molecular flexibility index (Phi) is 10.2.